The number of aliphatic hydroxyl groups excluding tert-OH is 1. The van der Waals surface area contributed by atoms with E-state index in [2.05, 4.69) is 63.0 Å². The normalized spacial score (nSPS) is 17.9. The first-order valence-electron chi connectivity index (χ1n) is 10.6. The minimum atomic E-state index is 0. The molecule has 1 fully saturated rings. The molecule has 6 heteroatoms. The van der Waals surface area contributed by atoms with Crippen LogP contribution in [0.4, 0.5) is 0 Å². The summed E-state index contributed by atoms with van der Waals surface area (Å²) in [4.78, 5) is 6.91. The average Bonchev–Trinajstić information content (AvgIpc) is 3.24. The fourth-order valence-electron chi connectivity index (χ4n) is 3.91. The lowest BCUT2D eigenvalue weighted by atomic mass is 10.0. The number of benzene rings is 2. The van der Waals surface area contributed by atoms with Gasteiger partial charge >= 0.3 is 0 Å². The highest BCUT2D eigenvalue weighted by molar-refractivity contribution is 14.0. The van der Waals surface area contributed by atoms with Gasteiger partial charge in [0.1, 0.15) is 0 Å². The Labute approximate surface area is 198 Å². The molecule has 0 bridgehead atoms. The number of likely N-dealkylation sites (tertiary alicyclic amines) is 1. The lowest BCUT2D eigenvalue weighted by molar-refractivity contribution is 0.265. The second kappa shape index (κ2) is 13.6. The quantitative estimate of drug-likeness (QED) is 0.269. The van der Waals surface area contributed by atoms with Crippen LogP contribution < -0.4 is 10.6 Å². The Morgan fingerprint density at radius 2 is 1.80 bits per heavy atom. The zero-order valence-corrected chi connectivity index (χ0v) is 20.2. The number of aliphatic imine (C=N–C) groups is 1. The van der Waals surface area contributed by atoms with Crippen LogP contribution in [0.25, 0.3) is 0 Å². The molecule has 0 radical (unpaired) electrons. The molecule has 2 unspecified atom stereocenters. The van der Waals surface area contributed by atoms with Crippen molar-refractivity contribution < 1.29 is 5.11 Å². The molecule has 3 N–H and O–H groups in total. The van der Waals surface area contributed by atoms with Gasteiger partial charge in [-0.3, -0.25) is 4.99 Å². The number of rotatable bonds is 9. The zero-order chi connectivity index (χ0) is 20.3. The molecular weight excluding hydrogens is 487 g/mol. The van der Waals surface area contributed by atoms with Crippen molar-refractivity contribution in [2.24, 2.45) is 10.9 Å². The molecule has 0 aliphatic carbocycles. The monoisotopic (exact) mass is 522 g/mol. The first kappa shape index (κ1) is 24.6. The van der Waals surface area contributed by atoms with Gasteiger partial charge in [0.25, 0.3) is 0 Å². The van der Waals surface area contributed by atoms with Crippen molar-refractivity contribution in [3.63, 3.8) is 0 Å². The van der Waals surface area contributed by atoms with Crippen LogP contribution >= 0.6 is 24.0 Å². The second-order valence-corrected chi connectivity index (χ2v) is 7.82. The summed E-state index contributed by atoms with van der Waals surface area (Å²) >= 11 is 0. The van der Waals surface area contributed by atoms with Crippen LogP contribution in [-0.4, -0.2) is 62.3 Å². The zero-order valence-electron chi connectivity index (χ0n) is 17.8. The van der Waals surface area contributed by atoms with E-state index >= 15 is 0 Å². The summed E-state index contributed by atoms with van der Waals surface area (Å²) in [5, 5.41) is 16.6. The van der Waals surface area contributed by atoms with E-state index < -0.39 is 0 Å². The van der Waals surface area contributed by atoms with E-state index in [0.29, 0.717) is 12.5 Å². The largest absolute Gasteiger partial charge is 0.396 e. The van der Waals surface area contributed by atoms with Crippen molar-refractivity contribution in [1.82, 2.24) is 15.5 Å². The summed E-state index contributed by atoms with van der Waals surface area (Å²) in [6, 6.07) is 20.8. The summed E-state index contributed by atoms with van der Waals surface area (Å²) in [5.41, 5.74) is 2.55. The Kier molecular flexibility index (Phi) is 11.2. The van der Waals surface area contributed by atoms with E-state index in [-0.39, 0.29) is 36.5 Å². The van der Waals surface area contributed by atoms with Crippen molar-refractivity contribution in [2.45, 2.75) is 18.8 Å². The third-order valence-electron chi connectivity index (χ3n) is 5.72. The van der Waals surface area contributed by atoms with Crippen LogP contribution in [0.2, 0.25) is 0 Å². The first-order chi connectivity index (χ1) is 14.3. The van der Waals surface area contributed by atoms with Crippen molar-refractivity contribution in [1.29, 1.82) is 0 Å². The maximum absolute atomic E-state index is 9.72. The maximum atomic E-state index is 9.72. The Morgan fingerprint density at radius 3 is 2.47 bits per heavy atom. The summed E-state index contributed by atoms with van der Waals surface area (Å²) in [5.74, 6) is 1.52. The Balaban J connectivity index is 0.00000320. The number of aliphatic hydroxyl groups is 1. The molecule has 1 saturated heterocycles. The highest BCUT2D eigenvalue weighted by Gasteiger charge is 2.22. The predicted octanol–water partition coefficient (Wildman–Crippen LogP) is 3.11. The van der Waals surface area contributed by atoms with Gasteiger partial charge in [-0.15, -0.1) is 24.0 Å². The summed E-state index contributed by atoms with van der Waals surface area (Å²) in [7, 11) is 1.80. The average molecular weight is 522 g/mol. The topological polar surface area (TPSA) is 59.9 Å². The standard InChI is InChI=1S/C24H34N4O.HI/c1-25-24(27-17-23(19-29)22-10-6-3-7-11-22)26-16-21-13-15-28(18-21)14-12-20-8-4-2-5-9-20;/h2-11,21,23,29H,12-19H2,1H3,(H2,25,26,27);1H. The number of nitrogens with one attached hydrogen (secondary N) is 2. The molecule has 30 heavy (non-hydrogen) atoms. The SMILES string of the molecule is CN=C(NCC1CCN(CCc2ccccc2)C1)NCC(CO)c1ccccc1.I. The summed E-state index contributed by atoms with van der Waals surface area (Å²) < 4.78 is 0. The van der Waals surface area contributed by atoms with E-state index in [1.807, 2.05) is 18.2 Å². The van der Waals surface area contributed by atoms with Crippen molar-refractivity contribution in [3.8, 4) is 0 Å². The van der Waals surface area contributed by atoms with Gasteiger partial charge in [0.15, 0.2) is 5.96 Å². The van der Waals surface area contributed by atoms with Crippen LogP contribution in [0.15, 0.2) is 65.7 Å². The van der Waals surface area contributed by atoms with E-state index in [9.17, 15) is 5.11 Å². The maximum Gasteiger partial charge on any atom is 0.191 e. The van der Waals surface area contributed by atoms with Crippen LogP contribution in [0, 0.1) is 5.92 Å². The lowest BCUT2D eigenvalue weighted by Gasteiger charge is -2.20. The summed E-state index contributed by atoms with van der Waals surface area (Å²) in [6.07, 6.45) is 2.34. The van der Waals surface area contributed by atoms with Gasteiger partial charge in [0.05, 0.1) is 6.61 Å². The molecule has 2 atom stereocenters. The molecule has 0 saturated carbocycles. The van der Waals surface area contributed by atoms with Crippen molar-refractivity contribution in [2.75, 3.05) is 46.4 Å². The molecule has 0 amide bonds. The fourth-order valence-corrected chi connectivity index (χ4v) is 3.91. The molecule has 5 nitrogen and oxygen atoms in total. The Morgan fingerprint density at radius 1 is 1.10 bits per heavy atom. The van der Waals surface area contributed by atoms with Gasteiger partial charge in [-0.1, -0.05) is 60.7 Å². The van der Waals surface area contributed by atoms with Gasteiger partial charge in [0.2, 0.25) is 0 Å². The number of nitrogens with zero attached hydrogens (tertiary/aromatic N) is 2. The molecule has 0 spiro atoms. The third kappa shape index (κ3) is 7.89. The highest BCUT2D eigenvalue weighted by Crippen LogP contribution is 2.16. The van der Waals surface area contributed by atoms with E-state index in [0.717, 1.165) is 37.6 Å². The first-order valence-corrected chi connectivity index (χ1v) is 10.6. The van der Waals surface area contributed by atoms with Crippen LogP contribution in [0.1, 0.15) is 23.5 Å². The lowest BCUT2D eigenvalue weighted by Crippen LogP contribution is -2.42. The van der Waals surface area contributed by atoms with Gasteiger partial charge in [0, 0.05) is 39.1 Å². The predicted molar refractivity (Wildman–Crippen MR) is 136 cm³/mol. The minimum Gasteiger partial charge on any atom is -0.396 e. The third-order valence-corrected chi connectivity index (χ3v) is 5.72. The molecule has 1 aliphatic rings. The molecule has 1 aliphatic heterocycles. The molecule has 2 aromatic carbocycles. The van der Waals surface area contributed by atoms with Crippen LogP contribution in [0.3, 0.4) is 0 Å². The smallest absolute Gasteiger partial charge is 0.191 e. The molecule has 0 aromatic heterocycles. The number of guanidine groups is 1. The number of halogens is 1. The van der Waals surface area contributed by atoms with Crippen LogP contribution in [0.5, 0.6) is 0 Å². The van der Waals surface area contributed by atoms with Gasteiger partial charge in [-0.05, 0) is 36.4 Å². The van der Waals surface area contributed by atoms with Crippen molar-refractivity contribution in [3.05, 3.63) is 71.8 Å². The number of hydrogen-bond donors (Lipinski definition) is 3. The fraction of sp³-hybridized carbons (Fsp3) is 0.458. The Bertz CT molecular complexity index is 741. The van der Waals surface area contributed by atoms with Gasteiger partial charge in [-0.2, -0.15) is 0 Å². The molecule has 2 aromatic rings. The minimum absolute atomic E-state index is 0. The van der Waals surface area contributed by atoms with Crippen molar-refractivity contribution >= 4 is 29.9 Å². The molecule has 3 rings (SSSR count). The second-order valence-electron chi connectivity index (χ2n) is 7.82. The summed E-state index contributed by atoms with van der Waals surface area (Å²) in [6.45, 7) is 5.15. The highest BCUT2D eigenvalue weighted by atomic mass is 127. The molecule has 1 heterocycles. The van der Waals surface area contributed by atoms with E-state index in [1.54, 1.807) is 7.05 Å². The molecule has 164 valence electrons. The molecular formula is C24H35IN4O. The van der Waals surface area contributed by atoms with E-state index in [1.165, 1.54) is 18.5 Å². The van der Waals surface area contributed by atoms with Gasteiger partial charge in [-0.25, -0.2) is 0 Å². The van der Waals surface area contributed by atoms with E-state index in [4.69, 9.17) is 0 Å². The number of hydrogen-bond acceptors (Lipinski definition) is 3. The van der Waals surface area contributed by atoms with Gasteiger partial charge < -0.3 is 20.6 Å². The van der Waals surface area contributed by atoms with Crippen LogP contribution in [-0.2, 0) is 6.42 Å². The Hall–Kier alpha value is -1.64.